The molecular formula is C21H16ClN5OS. The molecule has 3 aromatic carbocycles. The van der Waals surface area contributed by atoms with Gasteiger partial charge in [-0.05, 0) is 59.0 Å². The maximum atomic E-state index is 12.4. The van der Waals surface area contributed by atoms with Crippen molar-refractivity contribution in [3.8, 4) is 5.69 Å². The average molecular weight is 422 g/mol. The van der Waals surface area contributed by atoms with Crippen molar-refractivity contribution in [3.05, 3.63) is 95.3 Å². The molecule has 4 aromatic rings. The molecule has 1 heterocycles. The first-order valence-electron chi connectivity index (χ1n) is 8.81. The molecule has 0 aliphatic carbocycles. The summed E-state index contributed by atoms with van der Waals surface area (Å²) in [6, 6.07) is 24.2. The summed E-state index contributed by atoms with van der Waals surface area (Å²) >= 11 is 7.55. The molecule has 1 aromatic heterocycles. The predicted octanol–water partition coefficient (Wildman–Crippen LogP) is 4.86. The van der Waals surface area contributed by atoms with Gasteiger partial charge in [-0.15, -0.1) is 16.9 Å². The van der Waals surface area contributed by atoms with Gasteiger partial charge in [-0.2, -0.15) is 4.68 Å². The summed E-state index contributed by atoms with van der Waals surface area (Å²) in [6.45, 7) is 0. The largest absolute Gasteiger partial charge is 0.322 e. The number of amides is 1. The third-order valence-electron chi connectivity index (χ3n) is 4.08. The molecule has 29 heavy (non-hydrogen) atoms. The van der Waals surface area contributed by atoms with E-state index < -0.39 is 0 Å². The van der Waals surface area contributed by atoms with Crippen LogP contribution in [0.3, 0.4) is 0 Å². The maximum absolute atomic E-state index is 12.4. The number of aromatic nitrogens is 4. The molecule has 0 saturated heterocycles. The number of anilines is 1. The summed E-state index contributed by atoms with van der Waals surface area (Å²) < 4.78 is 1.72. The Bertz CT molecular complexity index is 1130. The molecule has 4 rings (SSSR count). The van der Waals surface area contributed by atoms with Crippen molar-refractivity contribution in [1.29, 1.82) is 0 Å². The average Bonchev–Trinajstić information content (AvgIpc) is 3.22. The Morgan fingerprint density at radius 3 is 2.66 bits per heavy atom. The van der Waals surface area contributed by atoms with Crippen LogP contribution in [0.25, 0.3) is 5.69 Å². The number of para-hydroxylation sites is 1. The first kappa shape index (κ1) is 19.2. The standard InChI is InChI=1S/C21H16ClN5OS/c22-16-7-4-6-15(12-16)21(28)23-17-8-5-11-19(13-17)29-14-20-24-25-26-27(20)18-9-2-1-3-10-18/h1-13H,14H2,(H,23,28). The molecule has 144 valence electrons. The lowest BCUT2D eigenvalue weighted by molar-refractivity contribution is 0.102. The monoisotopic (exact) mass is 421 g/mol. The Morgan fingerprint density at radius 1 is 1.00 bits per heavy atom. The summed E-state index contributed by atoms with van der Waals surface area (Å²) in [4.78, 5) is 13.4. The van der Waals surface area contributed by atoms with E-state index in [1.54, 1.807) is 40.7 Å². The second-order valence-electron chi connectivity index (χ2n) is 6.12. The Balaban J connectivity index is 1.44. The number of nitrogens with zero attached hydrogens (tertiary/aromatic N) is 4. The number of rotatable bonds is 6. The van der Waals surface area contributed by atoms with E-state index in [0.717, 1.165) is 16.4 Å². The molecule has 0 atom stereocenters. The smallest absolute Gasteiger partial charge is 0.255 e. The molecule has 0 fully saturated rings. The van der Waals surface area contributed by atoms with Crippen LogP contribution in [0.5, 0.6) is 0 Å². The Labute approximate surface area is 176 Å². The zero-order valence-corrected chi connectivity index (χ0v) is 16.8. The first-order chi connectivity index (χ1) is 14.2. The quantitative estimate of drug-likeness (QED) is 0.450. The number of halogens is 1. The van der Waals surface area contributed by atoms with Crippen molar-refractivity contribution in [1.82, 2.24) is 20.2 Å². The maximum Gasteiger partial charge on any atom is 0.255 e. The Morgan fingerprint density at radius 2 is 1.83 bits per heavy atom. The van der Waals surface area contributed by atoms with Gasteiger partial charge in [0, 0.05) is 21.2 Å². The summed E-state index contributed by atoms with van der Waals surface area (Å²) in [5.41, 5.74) is 2.14. The van der Waals surface area contributed by atoms with Gasteiger partial charge in [0.05, 0.1) is 11.4 Å². The highest BCUT2D eigenvalue weighted by atomic mass is 35.5. The van der Waals surface area contributed by atoms with Gasteiger partial charge in [0.2, 0.25) is 0 Å². The number of nitrogens with one attached hydrogen (secondary N) is 1. The molecule has 0 spiro atoms. The number of hydrogen-bond acceptors (Lipinski definition) is 5. The highest BCUT2D eigenvalue weighted by molar-refractivity contribution is 7.98. The van der Waals surface area contributed by atoms with Crippen LogP contribution in [0, 0.1) is 0 Å². The van der Waals surface area contributed by atoms with Gasteiger partial charge >= 0.3 is 0 Å². The van der Waals surface area contributed by atoms with Gasteiger partial charge in [-0.1, -0.05) is 41.9 Å². The molecule has 1 N–H and O–H groups in total. The number of hydrogen-bond donors (Lipinski definition) is 1. The lowest BCUT2D eigenvalue weighted by Gasteiger charge is -2.08. The van der Waals surface area contributed by atoms with E-state index in [-0.39, 0.29) is 5.91 Å². The second-order valence-corrected chi connectivity index (χ2v) is 7.61. The van der Waals surface area contributed by atoms with Gasteiger partial charge in [-0.25, -0.2) is 0 Å². The van der Waals surface area contributed by atoms with Gasteiger partial charge in [0.15, 0.2) is 5.82 Å². The second kappa shape index (κ2) is 8.89. The minimum absolute atomic E-state index is 0.206. The number of benzene rings is 3. The minimum atomic E-state index is -0.206. The fourth-order valence-corrected chi connectivity index (χ4v) is 3.76. The zero-order valence-electron chi connectivity index (χ0n) is 15.2. The molecule has 0 unspecified atom stereocenters. The van der Waals surface area contributed by atoms with Gasteiger partial charge < -0.3 is 5.32 Å². The Kier molecular flexibility index (Phi) is 5.88. The molecule has 1 amide bonds. The van der Waals surface area contributed by atoms with Crippen LogP contribution < -0.4 is 5.32 Å². The lowest BCUT2D eigenvalue weighted by Crippen LogP contribution is -2.11. The van der Waals surface area contributed by atoms with Crippen molar-refractivity contribution in [3.63, 3.8) is 0 Å². The lowest BCUT2D eigenvalue weighted by atomic mass is 10.2. The minimum Gasteiger partial charge on any atom is -0.322 e. The summed E-state index contributed by atoms with van der Waals surface area (Å²) in [5, 5.41) is 15.4. The molecule has 8 heteroatoms. The topological polar surface area (TPSA) is 72.7 Å². The van der Waals surface area contributed by atoms with Crippen molar-refractivity contribution in [2.24, 2.45) is 0 Å². The van der Waals surface area contributed by atoms with Crippen molar-refractivity contribution in [2.75, 3.05) is 5.32 Å². The highest BCUT2D eigenvalue weighted by Gasteiger charge is 2.10. The van der Waals surface area contributed by atoms with Crippen molar-refractivity contribution >= 4 is 35.0 Å². The zero-order chi connectivity index (χ0) is 20.1. The van der Waals surface area contributed by atoms with Gasteiger partial charge in [-0.3, -0.25) is 4.79 Å². The fraction of sp³-hybridized carbons (Fsp3) is 0.0476. The molecule has 0 bridgehead atoms. The van der Waals surface area contributed by atoms with Crippen LogP contribution in [-0.2, 0) is 5.75 Å². The van der Waals surface area contributed by atoms with Crippen LogP contribution in [0.2, 0.25) is 5.02 Å². The summed E-state index contributed by atoms with van der Waals surface area (Å²) in [6.07, 6.45) is 0. The van der Waals surface area contributed by atoms with E-state index in [4.69, 9.17) is 11.6 Å². The van der Waals surface area contributed by atoms with Crippen LogP contribution in [0.1, 0.15) is 16.2 Å². The fourth-order valence-electron chi connectivity index (χ4n) is 2.71. The number of thioether (sulfide) groups is 1. The van der Waals surface area contributed by atoms with E-state index >= 15 is 0 Å². The molecule has 6 nitrogen and oxygen atoms in total. The number of carbonyl (C=O) groups is 1. The first-order valence-corrected chi connectivity index (χ1v) is 10.2. The molecule has 0 saturated carbocycles. The summed E-state index contributed by atoms with van der Waals surface area (Å²) in [5.74, 6) is 1.13. The molecular weight excluding hydrogens is 406 g/mol. The van der Waals surface area contributed by atoms with Crippen LogP contribution >= 0.6 is 23.4 Å². The molecule has 0 aliphatic rings. The highest BCUT2D eigenvalue weighted by Crippen LogP contribution is 2.25. The van der Waals surface area contributed by atoms with Crippen LogP contribution in [0.4, 0.5) is 5.69 Å². The van der Waals surface area contributed by atoms with Crippen molar-refractivity contribution < 1.29 is 4.79 Å². The summed E-state index contributed by atoms with van der Waals surface area (Å²) in [7, 11) is 0. The third kappa shape index (κ3) is 4.82. The number of tetrazole rings is 1. The van der Waals surface area contributed by atoms with Crippen molar-refractivity contribution in [2.45, 2.75) is 10.6 Å². The van der Waals surface area contributed by atoms with E-state index in [2.05, 4.69) is 20.8 Å². The SMILES string of the molecule is O=C(Nc1cccc(SCc2nnnn2-c2ccccc2)c1)c1cccc(Cl)c1. The van der Waals surface area contributed by atoms with Crippen LogP contribution in [-0.4, -0.2) is 26.1 Å². The third-order valence-corrected chi connectivity index (χ3v) is 5.31. The van der Waals surface area contributed by atoms with Gasteiger partial charge in [0.25, 0.3) is 5.91 Å². The van der Waals surface area contributed by atoms with E-state index in [0.29, 0.717) is 22.0 Å². The van der Waals surface area contributed by atoms with E-state index in [1.165, 1.54) is 0 Å². The van der Waals surface area contributed by atoms with E-state index in [9.17, 15) is 4.79 Å². The van der Waals surface area contributed by atoms with E-state index in [1.807, 2.05) is 54.6 Å². The normalized spacial score (nSPS) is 10.7. The molecule has 0 aliphatic heterocycles. The Hall–Kier alpha value is -3.16. The predicted molar refractivity (Wildman–Crippen MR) is 115 cm³/mol. The van der Waals surface area contributed by atoms with Crippen LogP contribution in [0.15, 0.2) is 83.8 Å². The van der Waals surface area contributed by atoms with Gasteiger partial charge in [0.1, 0.15) is 0 Å². The number of carbonyl (C=O) groups excluding carboxylic acids is 1. The molecule has 0 radical (unpaired) electrons.